The molecule has 0 saturated carbocycles. The second kappa shape index (κ2) is 5.86. The molecule has 2 amide bonds. The lowest BCUT2D eigenvalue weighted by Crippen LogP contribution is -2.49. The van der Waals surface area contributed by atoms with E-state index in [0.717, 1.165) is 26.4 Å². The van der Waals surface area contributed by atoms with E-state index in [9.17, 15) is 9.59 Å². The summed E-state index contributed by atoms with van der Waals surface area (Å²) in [5.74, 6) is -0.703. The van der Waals surface area contributed by atoms with Crippen LogP contribution in [0.4, 0.5) is 10.8 Å². The first-order valence-corrected chi connectivity index (χ1v) is 9.37. The molecular formula is C18H15N3O2S2. The van der Waals surface area contributed by atoms with Crippen LogP contribution in [0.25, 0.3) is 10.2 Å². The number of anilines is 2. The van der Waals surface area contributed by atoms with Gasteiger partial charge in [-0.1, -0.05) is 41.3 Å². The quantitative estimate of drug-likeness (QED) is 0.669. The predicted molar refractivity (Wildman–Crippen MR) is 102 cm³/mol. The predicted octanol–water partition coefficient (Wildman–Crippen LogP) is 4.05. The topological polar surface area (TPSA) is 71.1 Å². The monoisotopic (exact) mass is 369 g/mol. The summed E-state index contributed by atoms with van der Waals surface area (Å²) in [6, 6.07) is 13.4. The van der Waals surface area contributed by atoms with Gasteiger partial charge in [-0.3, -0.25) is 9.59 Å². The minimum Gasteiger partial charge on any atom is -0.323 e. The van der Waals surface area contributed by atoms with Crippen LogP contribution >= 0.6 is 23.1 Å². The zero-order chi connectivity index (χ0) is 17.6. The first-order valence-electron chi connectivity index (χ1n) is 7.74. The van der Waals surface area contributed by atoms with Crippen molar-refractivity contribution >= 4 is 55.9 Å². The lowest BCUT2D eigenvalue weighted by Gasteiger charge is -2.31. The van der Waals surface area contributed by atoms with Crippen LogP contribution in [0.1, 0.15) is 12.5 Å². The Balaban J connectivity index is 1.62. The third kappa shape index (κ3) is 2.79. The van der Waals surface area contributed by atoms with Gasteiger partial charge in [0.05, 0.1) is 15.9 Å². The zero-order valence-electron chi connectivity index (χ0n) is 13.6. The Hall–Kier alpha value is -2.38. The first-order chi connectivity index (χ1) is 12.0. The number of rotatable bonds is 2. The summed E-state index contributed by atoms with van der Waals surface area (Å²) in [7, 11) is 0. The van der Waals surface area contributed by atoms with E-state index in [-0.39, 0.29) is 11.8 Å². The Morgan fingerprint density at radius 2 is 2.04 bits per heavy atom. The Morgan fingerprint density at radius 3 is 2.88 bits per heavy atom. The van der Waals surface area contributed by atoms with Crippen molar-refractivity contribution in [3.8, 4) is 0 Å². The maximum Gasteiger partial charge on any atom is 0.252 e. The zero-order valence-corrected chi connectivity index (χ0v) is 15.3. The van der Waals surface area contributed by atoms with E-state index in [0.29, 0.717) is 5.13 Å². The normalized spacial score (nSPS) is 19.4. The highest BCUT2D eigenvalue weighted by Crippen LogP contribution is 2.43. The Bertz CT molecular complexity index is 1010. The highest BCUT2D eigenvalue weighted by atomic mass is 32.2. The highest BCUT2D eigenvalue weighted by molar-refractivity contribution is 8.02. The molecule has 2 N–H and O–H groups in total. The maximum atomic E-state index is 12.8. The number of carbonyl (C=O) groups is 2. The lowest BCUT2D eigenvalue weighted by molar-refractivity contribution is -0.126. The molecule has 1 aromatic heterocycles. The molecule has 0 radical (unpaired) electrons. The van der Waals surface area contributed by atoms with Crippen LogP contribution in [0.2, 0.25) is 0 Å². The van der Waals surface area contributed by atoms with E-state index >= 15 is 0 Å². The van der Waals surface area contributed by atoms with Gasteiger partial charge >= 0.3 is 0 Å². The van der Waals surface area contributed by atoms with Crippen LogP contribution in [0.5, 0.6) is 0 Å². The summed E-state index contributed by atoms with van der Waals surface area (Å²) in [4.78, 5) is 30.7. The third-order valence-corrected chi connectivity index (χ3v) is 6.37. The fraction of sp³-hybridized carbons (Fsp3) is 0.167. The second-order valence-corrected chi connectivity index (χ2v) is 8.52. The maximum absolute atomic E-state index is 12.8. The Morgan fingerprint density at radius 1 is 1.24 bits per heavy atom. The van der Waals surface area contributed by atoms with Gasteiger partial charge in [0.2, 0.25) is 5.91 Å². The van der Waals surface area contributed by atoms with Crippen LogP contribution in [-0.4, -0.2) is 21.5 Å². The lowest BCUT2D eigenvalue weighted by atomic mass is 10.1. The van der Waals surface area contributed by atoms with Crippen LogP contribution in [0.15, 0.2) is 47.4 Å². The molecule has 25 heavy (non-hydrogen) atoms. The minimum atomic E-state index is -1.25. The molecule has 2 aromatic carbocycles. The number of nitrogens with one attached hydrogen (secondary N) is 2. The van der Waals surface area contributed by atoms with Crippen molar-refractivity contribution in [1.82, 2.24) is 4.98 Å². The van der Waals surface area contributed by atoms with E-state index < -0.39 is 4.75 Å². The van der Waals surface area contributed by atoms with Crippen molar-refractivity contribution in [3.05, 3.63) is 48.0 Å². The number of carbonyl (C=O) groups excluding carboxylic acids is 2. The molecule has 0 saturated heterocycles. The minimum absolute atomic E-state index is 0.328. The second-order valence-electron chi connectivity index (χ2n) is 6.03. The number of thiazole rings is 1. The smallest absolute Gasteiger partial charge is 0.252 e. The number of hydrogen-bond acceptors (Lipinski definition) is 5. The number of thioether (sulfide) groups is 1. The van der Waals surface area contributed by atoms with Crippen LogP contribution in [0, 0.1) is 6.92 Å². The van der Waals surface area contributed by atoms with Gasteiger partial charge in [-0.25, -0.2) is 4.98 Å². The molecule has 4 rings (SSSR count). The van der Waals surface area contributed by atoms with E-state index in [1.54, 1.807) is 6.92 Å². The number of para-hydroxylation sites is 1. The Labute approximate surface area is 152 Å². The molecule has 0 spiro atoms. The number of benzene rings is 2. The van der Waals surface area contributed by atoms with Gasteiger partial charge in [0.1, 0.15) is 0 Å². The molecule has 1 atom stereocenters. The van der Waals surface area contributed by atoms with E-state index in [1.807, 2.05) is 49.4 Å². The highest BCUT2D eigenvalue weighted by Gasteiger charge is 2.46. The average Bonchev–Trinajstić information content (AvgIpc) is 2.97. The fourth-order valence-corrected chi connectivity index (χ4v) is 4.68. The average molecular weight is 369 g/mol. The molecule has 7 heteroatoms. The number of aryl methyl sites for hydroxylation is 1. The molecule has 2 heterocycles. The SMILES string of the molecule is Cc1ccc2nc(NC(=O)C3(C)Sc4ccccc4NC3=O)sc2c1. The van der Waals surface area contributed by atoms with E-state index in [2.05, 4.69) is 15.6 Å². The molecule has 1 aliphatic rings. The largest absolute Gasteiger partial charge is 0.323 e. The van der Waals surface area contributed by atoms with Gasteiger partial charge in [-0.15, -0.1) is 0 Å². The summed E-state index contributed by atoms with van der Waals surface area (Å²) in [6.07, 6.45) is 0. The van der Waals surface area contributed by atoms with Gasteiger partial charge in [0.25, 0.3) is 5.91 Å². The molecule has 0 bridgehead atoms. The molecular weight excluding hydrogens is 354 g/mol. The number of nitrogens with zero attached hydrogens (tertiary/aromatic N) is 1. The molecule has 1 unspecified atom stereocenters. The number of aromatic nitrogens is 1. The van der Waals surface area contributed by atoms with Gasteiger partial charge in [-0.2, -0.15) is 0 Å². The summed E-state index contributed by atoms with van der Waals surface area (Å²) < 4.78 is -0.242. The van der Waals surface area contributed by atoms with Crippen LogP contribution in [-0.2, 0) is 9.59 Å². The first kappa shape index (κ1) is 16.1. The van der Waals surface area contributed by atoms with Crippen molar-refractivity contribution in [3.63, 3.8) is 0 Å². The van der Waals surface area contributed by atoms with Crippen molar-refractivity contribution < 1.29 is 9.59 Å². The molecule has 3 aromatic rings. The summed E-state index contributed by atoms with van der Waals surface area (Å²) in [5.41, 5.74) is 2.71. The fourth-order valence-electron chi connectivity index (χ4n) is 2.62. The van der Waals surface area contributed by atoms with Crippen LogP contribution in [0.3, 0.4) is 0 Å². The summed E-state index contributed by atoms with van der Waals surface area (Å²) in [5, 5.41) is 6.12. The molecule has 0 aliphatic carbocycles. The van der Waals surface area contributed by atoms with Crippen molar-refractivity contribution in [1.29, 1.82) is 0 Å². The van der Waals surface area contributed by atoms with Crippen LogP contribution < -0.4 is 10.6 Å². The van der Waals surface area contributed by atoms with Crippen molar-refractivity contribution in [2.75, 3.05) is 10.6 Å². The molecule has 1 aliphatic heterocycles. The van der Waals surface area contributed by atoms with Crippen molar-refractivity contribution in [2.45, 2.75) is 23.5 Å². The number of amides is 2. The van der Waals surface area contributed by atoms with Gasteiger partial charge in [-0.05, 0) is 43.7 Å². The van der Waals surface area contributed by atoms with Gasteiger partial charge < -0.3 is 10.6 Å². The third-order valence-electron chi connectivity index (χ3n) is 4.08. The summed E-state index contributed by atoms with van der Waals surface area (Å²) >= 11 is 2.66. The van der Waals surface area contributed by atoms with Crippen molar-refractivity contribution in [2.24, 2.45) is 0 Å². The van der Waals surface area contributed by atoms with Gasteiger partial charge in [0.15, 0.2) is 9.88 Å². The molecule has 126 valence electrons. The van der Waals surface area contributed by atoms with E-state index in [1.165, 1.54) is 23.1 Å². The van der Waals surface area contributed by atoms with Gasteiger partial charge in [0, 0.05) is 4.90 Å². The standard InChI is InChI=1S/C18H15N3O2S2/c1-10-7-8-12-14(9-10)24-17(20-12)21-16(23)18(2)15(22)19-11-5-3-4-6-13(11)25-18/h3-9H,1-2H3,(H,19,22)(H,20,21,23). The van der Waals surface area contributed by atoms with E-state index in [4.69, 9.17) is 0 Å². The Kier molecular flexibility index (Phi) is 3.77. The molecule has 5 nitrogen and oxygen atoms in total. The number of hydrogen-bond donors (Lipinski definition) is 2. The number of fused-ring (bicyclic) bond motifs is 2. The molecule has 0 fully saturated rings. The summed E-state index contributed by atoms with van der Waals surface area (Å²) in [6.45, 7) is 3.65.